The summed E-state index contributed by atoms with van der Waals surface area (Å²) in [6.45, 7) is 2.70. The van der Waals surface area contributed by atoms with E-state index in [2.05, 4.69) is 16.0 Å². The van der Waals surface area contributed by atoms with Crippen molar-refractivity contribution in [1.29, 1.82) is 0 Å². The molecule has 0 saturated carbocycles. The number of likely N-dealkylation sites (tertiary alicyclic amines) is 1. The van der Waals surface area contributed by atoms with Gasteiger partial charge in [-0.1, -0.05) is 0 Å². The Kier molecular flexibility index (Phi) is 3.46. The maximum Gasteiger partial charge on any atom is 0.150 e. The number of aromatic nitrogens is 1. The molecule has 2 aliphatic heterocycles. The molecule has 0 unspecified atom stereocenters. The van der Waals surface area contributed by atoms with Crippen LogP contribution in [-0.2, 0) is 16.4 Å². The van der Waals surface area contributed by atoms with Crippen molar-refractivity contribution in [3.8, 4) is 0 Å². The average molecular weight is 295 g/mol. The van der Waals surface area contributed by atoms with E-state index in [1.807, 2.05) is 31.3 Å². The van der Waals surface area contributed by atoms with E-state index in [-0.39, 0.29) is 0 Å². The first-order valence-corrected chi connectivity index (χ1v) is 8.80. The summed E-state index contributed by atoms with van der Waals surface area (Å²) in [5, 5.41) is 0. The zero-order valence-corrected chi connectivity index (χ0v) is 12.8. The van der Waals surface area contributed by atoms with Crippen LogP contribution in [0.3, 0.4) is 0 Å². The van der Waals surface area contributed by atoms with Gasteiger partial charge in [-0.15, -0.1) is 0 Å². The van der Waals surface area contributed by atoms with E-state index in [0.29, 0.717) is 23.3 Å². The van der Waals surface area contributed by atoms with Crippen molar-refractivity contribution in [2.24, 2.45) is 11.8 Å². The second-order valence-electron chi connectivity index (χ2n) is 6.21. The van der Waals surface area contributed by atoms with Crippen LogP contribution in [0, 0.1) is 11.8 Å². The van der Waals surface area contributed by atoms with Crippen molar-refractivity contribution in [3.63, 3.8) is 0 Å². The lowest BCUT2D eigenvalue weighted by Gasteiger charge is -2.18. The van der Waals surface area contributed by atoms with Gasteiger partial charge in [-0.2, -0.15) is 0 Å². The molecule has 0 aromatic carbocycles. The quantitative estimate of drug-likeness (QED) is 0.818. The van der Waals surface area contributed by atoms with Crippen LogP contribution in [-0.4, -0.2) is 57.0 Å². The van der Waals surface area contributed by atoms with E-state index in [9.17, 15) is 8.42 Å². The van der Waals surface area contributed by atoms with Crippen molar-refractivity contribution < 1.29 is 8.42 Å². The fourth-order valence-electron chi connectivity index (χ4n) is 3.32. The van der Waals surface area contributed by atoms with Crippen LogP contribution in [0.15, 0.2) is 18.3 Å². The predicted molar refractivity (Wildman–Crippen MR) is 79.5 cm³/mol. The highest BCUT2D eigenvalue weighted by atomic mass is 32.2. The first kappa shape index (κ1) is 13.8. The molecule has 3 heterocycles. The normalized spacial score (nSPS) is 28.5. The van der Waals surface area contributed by atoms with Crippen LogP contribution < -0.4 is 4.90 Å². The molecule has 1 aromatic heterocycles. The molecule has 20 heavy (non-hydrogen) atoms. The maximum atomic E-state index is 11.6. The highest BCUT2D eigenvalue weighted by Gasteiger charge is 2.43. The van der Waals surface area contributed by atoms with Gasteiger partial charge in [0.05, 0.1) is 11.5 Å². The monoisotopic (exact) mass is 295 g/mol. The minimum atomic E-state index is -2.76. The molecule has 0 amide bonds. The van der Waals surface area contributed by atoms with Crippen LogP contribution in [0.1, 0.15) is 5.56 Å². The van der Waals surface area contributed by atoms with Crippen LogP contribution in [0.5, 0.6) is 0 Å². The second-order valence-corrected chi connectivity index (χ2v) is 8.36. The van der Waals surface area contributed by atoms with Crippen LogP contribution >= 0.6 is 0 Å². The van der Waals surface area contributed by atoms with Crippen LogP contribution in [0.2, 0.25) is 0 Å². The summed E-state index contributed by atoms with van der Waals surface area (Å²) < 4.78 is 23.2. The third kappa shape index (κ3) is 2.81. The molecule has 110 valence electrons. The third-order valence-corrected chi connectivity index (χ3v) is 6.13. The highest BCUT2D eigenvalue weighted by molar-refractivity contribution is 7.91. The van der Waals surface area contributed by atoms with E-state index >= 15 is 0 Å². The molecule has 2 atom stereocenters. The zero-order chi connectivity index (χ0) is 14.3. The van der Waals surface area contributed by atoms with Crippen molar-refractivity contribution in [2.45, 2.75) is 6.54 Å². The maximum absolute atomic E-state index is 11.6. The summed E-state index contributed by atoms with van der Waals surface area (Å²) in [5.74, 6) is 2.41. The molecule has 0 spiro atoms. The smallest absolute Gasteiger partial charge is 0.150 e. The Labute approximate surface area is 120 Å². The Hall–Kier alpha value is -1.14. The van der Waals surface area contributed by atoms with E-state index < -0.39 is 9.84 Å². The van der Waals surface area contributed by atoms with Crippen LogP contribution in [0.4, 0.5) is 5.82 Å². The fourth-order valence-corrected chi connectivity index (χ4v) is 5.52. The van der Waals surface area contributed by atoms with Crippen LogP contribution in [0.25, 0.3) is 0 Å². The summed E-state index contributed by atoms with van der Waals surface area (Å²) >= 11 is 0. The van der Waals surface area contributed by atoms with Gasteiger partial charge in [0.15, 0.2) is 9.84 Å². The predicted octanol–water partition coefficient (Wildman–Crippen LogP) is 0.624. The van der Waals surface area contributed by atoms with Crippen molar-refractivity contribution in [2.75, 3.05) is 43.6 Å². The highest BCUT2D eigenvalue weighted by Crippen LogP contribution is 2.33. The third-order valence-electron chi connectivity index (χ3n) is 4.26. The number of anilines is 1. The molecule has 2 aliphatic rings. The summed E-state index contributed by atoms with van der Waals surface area (Å²) in [6, 6.07) is 4.14. The molecule has 0 aliphatic carbocycles. The number of sulfone groups is 1. The molecule has 0 radical (unpaired) electrons. The van der Waals surface area contributed by atoms with Gasteiger partial charge in [0, 0.05) is 39.9 Å². The molecular weight excluding hydrogens is 274 g/mol. The van der Waals surface area contributed by atoms with Gasteiger partial charge < -0.3 is 4.90 Å². The van der Waals surface area contributed by atoms with Gasteiger partial charge in [-0.25, -0.2) is 13.4 Å². The standard InChI is InChI=1S/C14H21N3O2S/c1-16(2)14-5-11(3-4-15-14)6-17-7-12-9-20(18,19)10-13(12)8-17/h3-5,12-13H,6-10H2,1-2H3/t12-,13+. The minimum Gasteiger partial charge on any atom is -0.363 e. The Bertz CT molecular complexity index is 580. The van der Waals surface area contributed by atoms with Gasteiger partial charge in [-0.05, 0) is 29.5 Å². The Balaban J connectivity index is 1.65. The lowest BCUT2D eigenvalue weighted by molar-refractivity contribution is 0.315. The van der Waals surface area contributed by atoms with Crippen molar-refractivity contribution in [1.82, 2.24) is 9.88 Å². The SMILES string of the molecule is CN(C)c1cc(CN2C[C@@H]3CS(=O)(=O)C[C@@H]3C2)ccn1. The van der Waals surface area contributed by atoms with E-state index in [1.54, 1.807) is 0 Å². The number of fused-ring (bicyclic) bond motifs is 1. The number of pyridine rings is 1. The summed E-state index contributed by atoms with van der Waals surface area (Å²) in [7, 11) is 1.20. The molecule has 2 fully saturated rings. The Morgan fingerprint density at radius 1 is 1.30 bits per heavy atom. The molecule has 0 bridgehead atoms. The number of hydrogen-bond acceptors (Lipinski definition) is 5. The summed E-state index contributed by atoms with van der Waals surface area (Å²) in [4.78, 5) is 8.69. The van der Waals surface area contributed by atoms with Gasteiger partial charge in [0.25, 0.3) is 0 Å². The molecule has 3 rings (SSSR count). The van der Waals surface area contributed by atoms with Gasteiger partial charge in [0.2, 0.25) is 0 Å². The first-order chi connectivity index (χ1) is 9.43. The van der Waals surface area contributed by atoms with Gasteiger partial charge in [-0.3, -0.25) is 4.90 Å². The van der Waals surface area contributed by atoms with Crippen molar-refractivity contribution >= 4 is 15.7 Å². The topological polar surface area (TPSA) is 53.5 Å². The molecule has 0 N–H and O–H groups in total. The second kappa shape index (κ2) is 5.00. The molecule has 2 saturated heterocycles. The summed E-state index contributed by atoms with van der Waals surface area (Å²) in [5.41, 5.74) is 1.24. The number of hydrogen-bond donors (Lipinski definition) is 0. The van der Waals surface area contributed by atoms with Gasteiger partial charge in [0.1, 0.15) is 5.82 Å². The minimum absolute atomic E-state index is 0.343. The zero-order valence-electron chi connectivity index (χ0n) is 12.0. The average Bonchev–Trinajstić information content (AvgIpc) is 2.82. The number of nitrogens with zero attached hydrogens (tertiary/aromatic N) is 3. The summed E-state index contributed by atoms with van der Waals surface area (Å²) in [6.07, 6.45) is 1.84. The largest absolute Gasteiger partial charge is 0.363 e. The first-order valence-electron chi connectivity index (χ1n) is 6.98. The lowest BCUT2D eigenvalue weighted by atomic mass is 10.0. The molecular formula is C14H21N3O2S. The van der Waals surface area contributed by atoms with E-state index in [0.717, 1.165) is 25.5 Å². The lowest BCUT2D eigenvalue weighted by Crippen LogP contribution is -2.24. The molecule has 6 heteroatoms. The fraction of sp³-hybridized carbons (Fsp3) is 0.643. The number of rotatable bonds is 3. The van der Waals surface area contributed by atoms with E-state index in [4.69, 9.17) is 0 Å². The Morgan fingerprint density at radius 2 is 1.95 bits per heavy atom. The van der Waals surface area contributed by atoms with Crippen molar-refractivity contribution in [3.05, 3.63) is 23.9 Å². The Morgan fingerprint density at radius 3 is 2.55 bits per heavy atom. The molecule has 1 aromatic rings. The van der Waals surface area contributed by atoms with Gasteiger partial charge >= 0.3 is 0 Å². The van der Waals surface area contributed by atoms with E-state index in [1.165, 1.54) is 5.56 Å². The molecule has 5 nitrogen and oxygen atoms in total.